The molecule has 6 heteroatoms. The lowest BCUT2D eigenvalue weighted by atomic mass is 10.1. The highest BCUT2D eigenvalue weighted by Crippen LogP contribution is 2.29. The van der Waals surface area contributed by atoms with Gasteiger partial charge < -0.3 is 9.80 Å². The van der Waals surface area contributed by atoms with Crippen LogP contribution in [0, 0.1) is 11.3 Å². The van der Waals surface area contributed by atoms with Crippen molar-refractivity contribution in [1.82, 2.24) is 14.8 Å². The Bertz CT molecular complexity index is 541. The number of halogens is 1. The topological polar surface area (TPSA) is 46.4 Å². The van der Waals surface area contributed by atoms with Crippen molar-refractivity contribution in [3.8, 4) is 6.07 Å². The molecule has 0 unspecified atom stereocenters. The second-order valence-electron chi connectivity index (χ2n) is 5.67. The molecular formula is C15H20ClN5. The summed E-state index contributed by atoms with van der Waals surface area (Å²) in [4.78, 5) is 11.6. The smallest absolute Gasteiger partial charge is 0.147 e. The molecule has 3 heterocycles. The predicted molar refractivity (Wildman–Crippen MR) is 83.7 cm³/mol. The lowest BCUT2D eigenvalue weighted by molar-refractivity contribution is 0.0859. The second kappa shape index (κ2) is 6.18. The number of likely N-dealkylation sites (N-methyl/N-ethyl adjacent to an activating group) is 1. The summed E-state index contributed by atoms with van der Waals surface area (Å²) in [6.07, 6.45) is 1.59. The van der Waals surface area contributed by atoms with E-state index in [1.165, 1.54) is 13.1 Å². The van der Waals surface area contributed by atoms with Crippen LogP contribution in [0.1, 0.15) is 12.5 Å². The van der Waals surface area contributed by atoms with Crippen molar-refractivity contribution in [2.75, 3.05) is 50.7 Å². The first-order valence-electron chi connectivity index (χ1n) is 7.48. The Labute approximate surface area is 130 Å². The number of pyridine rings is 1. The number of nitriles is 1. The van der Waals surface area contributed by atoms with E-state index in [-0.39, 0.29) is 0 Å². The minimum Gasteiger partial charge on any atom is -0.352 e. The van der Waals surface area contributed by atoms with Gasteiger partial charge in [0.15, 0.2) is 0 Å². The van der Waals surface area contributed by atoms with Crippen molar-refractivity contribution in [1.29, 1.82) is 5.26 Å². The zero-order valence-corrected chi connectivity index (χ0v) is 13.1. The lowest BCUT2D eigenvalue weighted by Gasteiger charge is -2.48. The van der Waals surface area contributed by atoms with Crippen molar-refractivity contribution in [3.05, 3.63) is 22.8 Å². The molecule has 0 atom stereocenters. The maximum absolute atomic E-state index is 8.84. The average molecular weight is 306 g/mol. The normalized spacial score (nSPS) is 21.1. The van der Waals surface area contributed by atoms with Gasteiger partial charge >= 0.3 is 0 Å². The number of rotatable bonds is 3. The third-order valence-electron chi connectivity index (χ3n) is 4.48. The predicted octanol–water partition coefficient (Wildman–Crippen LogP) is 1.43. The van der Waals surface area contributed by atoms with E-state index in [4.69, 9.17) is 16.9 Å². The molecular weight excluding hydrogens is 286 g/mol. The average Bonchev–Trinajstić information content (AvgIpc) is 2.48. The van der Waals surface area contributed by atoms with Crippen molar-refractivity contribution in [2.45, 2.75) is 13.0 Å². The maximum Gasteiger partial charge on any atom is 0.147 e. The molecule has 0 radical (unpaired) electrons. The van der Waals surface area contributed by atoms with Gasteiger partial charge in [0.2, 0.25) is 0 Å². The summed E-state index contributed by atoms with van der Waals surface area (Å²) in [6.45, 7) is 9.97. The number of nitrogens with zero attached hydrogens (tertiary/aromatic N) is 5. The molecule has 1 aromatic heterocycles. The van der Waals surface area contributed by atoms with Crippen LogP contribution in [0.25, 0.3) is 0 Å². The van der Waals surface area contributed by atoms with Crippen LogP contribution in [-0.2, 0) is 0 Å². The van der Waals surface area contributed by atoms with Gasteiger partial charge in [0.25, 0.3) is 0 Å². The van der Waals surface area contributed by atoms with Crippen LogP contribution in [0.15, 0.2) is 12.3 Å². The number of hydrogen-bond acceptors (Lipinski definition) is 5. The Morgan fingerprint density at radius 1 is 1.33 bits per heavy atom. The van der Waals surface area contributed by atoms with E-state index < -0.39 is 0 Å². The van der Waals surface area contributed by atoms with E-state index in [9.17, 15) is 0 Å². The van der Waals surface area contributed by atoms with Gasteiger partial charge in [0.1, 0.15) is 11.9 Å². The first kappa shape index (κ1) is 14.6. The molecule has 112 valence electrons. The van der Waals surface area contributed by atoms with Crippen LogP contribution < -0.4 is 4.90 Å². The molecule has 0 aromatic carbocycles. The Hall–Kier alpha value is -1.35. The van der Waals surface area contributed by atoms with Gasteiger partial charge in [0.05, 0.1) is 10.6 Å². The van der Waals surface area contributed by atoms with Gasteiger partial charge in [-0.2, -0.15) is 5.26 Å². The van der Waals surface area contributed by atoms with Gasteiger partial charge in [-0.05, 0) is 12.6 Å². The number of hydrogen-bond donors (Lipinski definition) is 0. The summed E-state index contributed by atoms with van der Waals surface area (Å²) in [5.74, 6) is 0.805. The molecule has 0 aliphatic carbocycles. The van der Waals surface area contributed by atoms with Crippen molar-refractivity contribution >= 4 is 17.4 Å². The van der Waals surface area contributed by atoms with Gasteiger partial charge in [-0.3, -0.25) is 4.90 Å². The molecule has 0 amide bonds. The van der Waals surface area contributed by atoms with Gasteiger partial charge in [-0.1, -0.05) is 18.5 Å². The molecule has 0 bridgehead atoms. The Morgan fingerprint density at radius 2 is 2.05 bits per heavy atom. The molecule has 0 spiro atoms. The summed E-state index contributed by atoms with van der Waals surface area (Å²) in [5, 5.41) is 9.42. The Morgan fingerprint density at radius 3 is 2.62 bits per heavy atom. The van der Waals surface area contributed by atoms with Crippen molar-refractivity contribution in [3.63, 3.8) is 0 Å². The lowest BCUT2D eigenvalue weighted by Crippen LogP contribution is -2.63. The van der Waals surface area contributed by atoms with E-state index in [2.05, 4.69) is 32.7 Å². The highest BCUT2D eigenvalue weighted by Gasteiger charge is 2.34. The summed E-state index contributed by atoms with van der Waals surface area (Å²) in [6, 6.07) is 4.36. The summed E-state index contributed by atoms with van der Waals surface area (Å²) >= 11 is 6.21. The zero-order chi connectivity index (χ0) is 14.8. The first-order chi connectivity index (χ1) is 10.2. The maximum atomic E-state index is 8.84. The van der Waals surface area contributed by atoms with Gasteiger partial charge in [0, 0.05) is 51.5 Å². The molecule has 21 heavy (non-hydrogen) atoms. The van der Waals surface area contributed by atoms with E-state index in [0.717, 1.165) is 38.5 Å². The number of piperazine rings is 1. The number of anilines is 1. The van der Waals surface area contributed by atoms with Crippen LogP contribution in [0.5, 0.6) is 0 Å². The standard InChI is InChI=1S/C15H20ClN5/c1-2-19-3-5-20(6-4-19)13-10-21(11-13)15-14(16)7-12(8-17)9-18-15/h7,9,13H,2-6,10-11H2,1H3. The van der Waals surface area contributed by atoms with Crippen molar-refractivity contribution in [2.24, 2.45) is 0 Å². The van der Waals surface area contributed by atoms with E-state index in [1.54, 1.807) is 12.3 Å². The fourth-order valence-electron chi connectivity index (χ4n) is 3.03. The van der Waals surface area contributed by atoms with Crippen LogP contribution >= 0.6 is 11.6 Å². The van der Waals surface area contributed by atoms with Crippen molar-refractivity contribution < 1.29 is 0 Å². The highest BCUT2D eigenvalue weighted by atomic mass is 35.5. The molecule has 5 nitrogen and oxygen atoms in total. The molecule has 0 N–H and O–H groups in total. The summed E-state index contributed by atoms with van der Waals surface area (Å²) < 4.78 is 0. The third kappa shape index (κ3) is 2.98. The van der Waals surface area contributed by atoms with Crippen LogP contribution in [0.2, 0.25) is 5.02 Å². The largest absolute Gasteiger partial charge is 0.352 e. The summed E-state index contributed by atoms with van der Waals surface area (Å²) in [7, 11) is 0. The molecule has 2 aliphatic rings. The molecule has 2 aliphatic heterocycles. The van der Waals surface area contributed by atoms with Crippen LogP contribution in [-0.4, -0.2) is 66.6 Å². The minimum absolute atomic E-state index is 0.511. The van der Waals surface area contributed by atoms with E-state index >= 15 is 0 Å². The first-order valence-corrected chi connectivity index (χ1v) is 7.86. The molecule has 1 aromatic rings. The van der Waals surface area contributed by atoms with Crippen LogP contribution in [0.4, 0.5) is 5.82 Å². The molecule has 2 fully saturated rings. The monoisotopic (exact) mass is 305 g/mol. The van der Waals surface area contributed by atoms with E-state index in [1.807, 2.05) is 0 Å². The fourth-order valence-corrected chi connectivity index (χ4v) is 3.31. The van der Waals surface area contributed by atoms with Crippen LogP contribution in [0.3, 0.4) is 0 Å². The molecule has 0 saturated carbocycles. The zero-order valence-electron chi connectivity index (χ0n) is 12.3. The highest BCUT2D eigenvalue weighted by molar-refractivity contribution is 6.33. The van der Waals surface area contributed by atoms with Gasteiger partial charge in [-0.25, -0.2) is 4.98 Å². The SMILES string of the molecule is CCN1CCN(C2CN(c3ncc(C#N)cc3Cl)C2)CC1. The third-order valence-corrected chi connectivity index (χ3v) is 4.76. The quantitative estimate of drug-likeness (QED) is 0.845. The minimum atomic E-state index is 0.511. The second-order valence-corrected chi connectivity index (χ2v) is 6.08. The molecule has 2 saturated heterocycles. The van der Waals surface area contributed by atoms with E-state index in [0.29, 0.717) is 16.6 Å². The Kier molecular flexibility index (Phi) is 4.29. The Balaban J connectivity index is 1.55. The molecule has 3 rings (SSSR count). The van der Waals surface area contributed by atoms with Gasteiger partial charge in [-0.15, -0.1) is 0 Å². The number of aromatic nitrogens is 1. The summed E-state index contributed by atoms with van der Waals surface area (Å²) in [5.41, 5.74) is 0.511. The fraction of sp³-hybridized carbons (Fsp3) is 0.600.